The number of amides is 2. The van der Waals surface area contributed by atoms with Gasteiger partial charge in [0.25, 0.3) is 5.91 Å². The molecule has 1 aromatic heterocycles. The first-order valence-corrected chi connectivity index (χ1v) is 10.3. The Kier molecular flexibility index (Phi) is 7.08. The van der Waals surface area contributed by atoms with Crippen molar-refractivity contribution < 1.29 is 18.8 Å². The first-order chi connectivity index (χ1) is 14.5. The summed E-state index contributed by atoms with van der Waals surface area (Å²) >= 11 is 1.31. The lowest BCUT2D eigenvalue weighted by Gasteiger charge is -2.21. The maximum Gasteiger partial charge on any atom is 0.255 e. The van der Waals surface area contributed by atoms with Gasteiger partial charge in [-0.25, -0.2) is 4.39 Å². The molecule has 0 atom stereocenters. The molecule has 0 bridgehead atoms. The molecule has 3 aromatic rings. The summed E-state index contributed by atoms with van der Waals surface area (Å²) < 4.78 is 13.0. The van der Waals surface area contributed by atoms with Gasteiger partial charge in [-0.3, -0.25) is 14.4 Å². The van der Waals surface area contributed by atoms with E-state index >= 15 is 0 Å². The van der Waals surface area contributed by atoms with Crippen LogP contribution in [0, 0.1) is 5.82 Å². The van der Waals surface area contributed by atoms with Crippen LogP contribution in [0.4, 0.5) is 4.39 Å². The van der Waals surface area contributed by atoms with Gasteiger partial charge in [-0.2, -0.15) is 0 Å². The molecule has 5 nitrogen and oxygen atoms in total. The number of likely N-dealkylation sites (N-methyl/N-ethyl adjacent to an activating group) is 1. The summed E-state index contributed by atoms with van der Waals surface area (Å²) in [5, 5.41) is 4.54. The molecule has 1 heterocycles. The monoisotopic (exact) mass is 424 g/mol. The second kappa shape index (κ2) is 9.93. The van der Waals surface area contributed by atoms with E-state index in [0.717, 1.165) is 5.56 Å². The summed E-state index contributed by atoms with van der Waals surface area (Å²) in [6.07, 6.45) is 0. The second-order valence-electron chi connectivity index (χ2n) is 6.57. The predicted octanol–water partition coefficient (Wildman–Crippen LogP) is 3.90. The normalized spacial score (nSPS) is 10.5. The summed E-state index contributed by atoms with van der Waals surface area (Å²) in [4.78, 5) is 40.1. The maximum atomic E-state index is 13.1. The molecule has 0 aliphatic rings. The van der Waals surface area contributed by atoms with E-state index in [1.54, 1.807) is 55.5 Å². The van der Waals surface area contributed by atoms with Gasteiger partial charge in [0.2, 0.25) is 11.7 Å². The number of hydrogen-bond donors (Lipinski definition) is 1. The predicted molar refractivity (Wildman–Crippen MR) is 114 cm³/mol. The van der Waals surface area contributed by atoms with Crippen molar-refractivity contribution in [3.63, 3.8) is 0 Å². The van der Waals surface area contributed by atoms with Crippen molar-refractivity contribution in [3.8, 4) is 0 Å². The van der Waals surface area contributed by atoms with E-state index in [-0.39, 0.29) is 42.1 Å². The topological polar surface area (TPSA) is 66.5 Å². The van der Waals surface area contributed by atoms with E-state index in [9.17, 15) is 18.8 Å². The Morgan fingerprint density at radius 3 is 2.30 bits per heavy atom. The summed E-state index contributed by atoms with van der Waals surface area (Å²) in [6.45, 7) is 2.18. The molecule has 7 heteroatoms. The lowest BCUT2D eigenvalue weighted by Crippen LogP contribution is -2.40. The van der Waals surface area contributed by atoms with Crippen molar-refractivity contribution >= 4 is 28.9 Å². The van der Waals surface area contributed by atoms with E-state index in [4.69, 9.17) is 0 Å². The van der Waals surface area contributed by atoms with E-state index in [2.05, 4.69) is 5.32 Å². The third-order valence-electron chi connectivity index (χ3n) is 4.55. The molecule has 3 rings (SSSR count). The van der Waals surface area contributed by atoms with Crippen LogP contribution in [0.5, 0.6) is 0 Å². The number of thiophene rings is 1. The van der Waals surface area contributed by atoms with Crippen LogP contribution in [0.3, 0.4) is 0 Å². The number of carbonyl (C=O) groups excluding carboxylic acids is 3. The molecule has 2 aromatic carbocycles. The Bertz CT molecular complexity index is 1030. The van der Waals surface area contributed by atoms with Crippen molar-refractivity contribution in [2.75, 3.05) is 13.1 Å². The minimum atomic E-state index is -0.380. The lowest BCUT2D eigenvalue weighted by molar-refractivity contribution is -0.121. The van der Waals surface area contributed by atoms with Crippen LogP contribution in [-0.4, -0.2) is 35.6 Å². The van der Waals surface area contributed by atoms with Crippen molar-refractivity contribution in [1.29, 1.82) is 0 Å². The van der Waals surface area contributed by atoms with Gasteiger partial charge in [0.15, 0.2) is 0 Å². The van der Waals surface area contributed by atoms with Crippen LogP contribution in [0.1, 0.15) is 38.1 Å². The van der Waals surface area contributed by atoms with Gasteiger partial charge in [0.1, 0.15) is 5.82 Å². The minimum absolute atomic E-state index is 0.141. The summed E-state index contributed by atoms with van der Waals surface area (Å²) in [5.74, 6) is -1.28. The number of hydrogen-bond acceptors (Lipinski definition) is 4. The average Bonchev–Trinajstić information content (AvgIpc) is 3.31. The van der Waals surface area contributed by atoms with E-state index < -0.39 is 0 Å². The molecule has 30 heavy (non-hydrogen) atoms. The Balaban J connectivity index is 1.69. The first kappa shape index (κ1) is 21.4. The zero-order valence-corrected chi connectivity index (χ0v) is 17.2. The fourth-order valence-corrected chi connectivity index (χ4v) is 3.62. The van der Waals surface area contributed by atoms with Gasteiger partial charge < -0.3 is 10.2 Å². The molecule has 0 fully saturated rings. The Hall–Kier alpha value is -3.32. The molecule has 0 saturated heterocycles. The highest BCUT2D eigenvalue weighted by Gasteiger charge is 2.23. The van der Waals surface area contributed by atoms with Gasteiger partial charge in [-0.1, -0.05) is 36.4 Å². The van der Waals surface area contributed by atoms with E-state index in [1.165, 1.54) is 28.4 Å². The molecule has 1 N–H and O–H groups in total. The van der Waals surface area contributed by atoms with Crippen LogP contribution >= 0.6 is 11.3 Å². The van der Waals surface area contributed by atoms with Crippen molar-refractivity contribution in [2.24, 2.45) is 0 Å². The van der Waals surface area contributed by atoms with Crippen LogP contribution < -0.4 is 5.32 Å². The fourth-order valence-electron chi connectivity index (χ4n) is 2.94. The fraction of sp³-hybridized carbons (Fsp3) is 0.174. The molecular formula is C23H21FN2O3S. The first-order valence-electron chi connectivity index (χ1n) is 9.47. The maximum absolute atomic E-state index is 13.1. The van der Waals surface area contributed by atoms with Crippen LogP contribution in [0.15, 0.2) is 66.0 Å². The van der Waals surface area contributed by atoms with E-state index in [1.807, 2.05) is 5.38 Å². The second-order valence-corrected chi connectivity index (χ2v) is 7.52. The standard InChI is InChI=1S/C23H21FN2O3S/c1-2-26(15-21(27)25-14-16-9-11-17(24)12-10-16)23(29)19-7-4-3-6-18(19)22(28)20-8-5-13-30-20/h3-13H,2,14-15H2,1H3,(H,25,27). The number of halogens is 1. The van der Waals surface area contributed by atoms with E-state index in [0.29, 0.717) is 17.0 Å². The number of rotatable bonds is 8. The van der Waals surface area contributed by atoms with Crippen molar-refractivity contribution in [2.45, 2.75) is 13.5 Å². The molecule has 2 amide bonds. The van der Waals surface area contributed by atoms with Crippen molar-refractivity contribution in [1.82, 2.24) is 10.2 Å². The van der Waals surface area contributed by atoms with Gasteiger partial charge >= 0.3 is 0 Å². The average molecular weight is 424 g/mol. The number of carbonyl (C=O) groups is 3. The van der Waals surface area contributed by atoms with Gasteiger partial charge in [-0.05, 0) is 42.1 Å². The van der Waals surface area contributed by atoms with Gasteiger partial charge in [0, 0.05) is 18.7 Å². The molecule has 154 valence electrons. The Morgan fingerprint density at radius 1 is 0.967 bits per heavy atom. The number of ketones is 1. The number of benzene rings is 2. The molecule has 0 radical (unpaired) electrons. The van der Waals surface area contributed by atoms with Gasteiger partial charge in [0.05, 0.1) is 17.0 Å². The van der Waals surface area contributed by atoms with Gasteiger partial charge in [-0.15, -0.1) is 11.3 Å². The van der Waals surface area contributed by atoms with Crippen molar-refractivity contribution in [3.05, 3.63) is 93.4 Å². The lowest BCUT2D eigenvalue weighted by atomic mass is 10.0. The van der Waals surface area contributed by atoms with Crippen LogP contribution in [-0.2, 0) is 11.3 Å². The SMILES string of the molecule is CCN(CC(=O)NCc1ccc(F)cc1)C(=O)c1ccccc1C(=O)c1cccs1. The smallest absolute Gasteiger partial charge is 0.255 e. The summed E-state index contributed by atoms with van der Waals surface area (Å²) in [7, 11) is 0. The zero-order valence-electron chi connectivity index (χ0n) is 16.4. The van der Waals surface area contributed by atoms with Crippen LogP contribution in [0.2, 0.25) is 0 Å². The largest absolute Gasteiger partial charge is 0.350 e. The highest BCUT2D eigenvalue weighted by atomic mass is 32.1. The minimum Gasteiger partial charge on any atom is -0.350 e. The third kappa shape index (κ3) is 5.18. The Labute approximate surface area is 178 Å². The number of nitrogens with zero attached hydrogens (tertiary/aromatic N) is 1. The molecule has 0 aliphatic carbocycles. The zero-order chi connectivity index (χ0) is 21.5. The molecule has 0 aliphatic heterocycles. The molecule has 0 unspecified atom stereocenters. The molecule has 0 spiro atoms. The highest BCUT2D eigenvalue weighted by Crippen LogP contribution is 2.19. The summed E-state index contributed by atoms with van der Waals surface area (Å²) in [6, 6.07) is 16.0. The molecule has 0 saturated carbocycles. The van der Waals surface area contributed by atoms with Crippen LogP contribution in [0.25, 0.3) is 0 Å². The highest BCUT2D eigenvalue weighted by molar-refractivity contribution is 7.12. The quantitative estimate of drug-likeness (QED) is 0.558. The summed E-state index contributed by atoms with van der Waals surface area (Å²) in [5.41, 5.74) is 1.34. The number of nitrogens with one attached hydrogen (secondary N) is 1. The molecular weight excluding hydrogens is 403 g/mol. The Morgan fingerprint density at radius 2 is 1.67 bits per heavy atom. The third-order valence-corrected chi connectivity index (χ3v) is 5.42.